The second-order valence-corrected chi connectivity index (χ2v) is 6.33. The van der Waals surface area contributed by atoms with Crippen LogP contribution < -0.4 is 4.74 Å². The van der Waals surface area contributed by atoms with Gasteiger partial charge in [-0.25, -0.2) is 0 Å². The van der Waals surface area contributed by atoms with Crippen LogP contribution in [0.2, 0.25) is 0 Å². The molecule has 0 bridgehead atoms. The Bertz CT molecular complexity index is 637. The van der Waals surface area contributed by atoms with Gasteiger partial charge in [0.1, 0.15) is 0 Å². The minimum atomic E-state index is -0.110. The van der Waals surface area contributed by atoms with Crippen LogP contribution in [0.4, 0.5) is 0 Å². The summed E-state index contributed by atoms with van der Waals surface area (Å²) in [6.07, 6.45) is 0.387. The van der Waals surface area contributed by atoms with Gasteiger partial charge in [0.2, 0.25) is 5.91 Å². The fraction of sp³-hybridized carbons (Fsp3) is 0.438. The van der Waals surface area contributed by atoms with Crippen LogP contribution in [-0.2, 0) is 0 Å². The smallest absolute Gasteiger partial charge is 0.336 e. The molecule has 5 heteroatoms. The van der Waals surface area contributed by atoms with Gasteiger partial charge >= 0.3 is 6.01 Å². The van der Waals surface area contributed by atoms with Crippen molar-refractivity contribution in [3.05, 3.63) is 29.8 Å². The number of aryl methyl sites for hydroxylation is 1. The first kappa shape index (κ1) is 15.2. The first-order valence-corrected chi connectivity index (χ1v) is 6.91. The van der Waals surface area contributed by atoms with E-state index in [-0.39, 0.29) is 17.3 Å². The lowest BCUT2D eigenvalue weighted by molar-refractivity contribution is 0.0840. The summed E-state index contributed by atoms with van der Waals surface area (Å²) >= 11 is 0. The Kier molecular flexibility index (Phi) is 4.11. The molecule has 0 amide bonds. The van der Waals surface area contributed by atoms with Crippen LogP contribution in [0.15, 0.2) is 24.3 Å². The van der Waals surface area contributed by atoms with Gasteiger partial charge in [-0.15, -0.1) is 5.10 Å². The average Bonchev–Trinajstić information content (AvgIpc) is 2.82. The fourth-order valence-electron chi connectivity index (χ4n) is 1.97. The number of ether oxygens (including phenoxy) is 1. The van der Waals surface area contributed by atoms with Gasteiger partial charge in [0, 0.05) is 12.0 Å². The van der Waals surface area contributed by atoms with Crippen LogP contribution in [-0.4, -0.2) is 27.8 Å². The molecular formula is C16H21N3O2. The van der Waals surface area contributed by atoms with Gasteiger partial charge in [0.25, 0.3) is 0 Å². The van der Waals surface area contributed by atoms with E-state index in [9.17, 15) is 4.79 Å². The minimum Gasteiger partial charge on any atom is -0.466 e. The molecule has 0 aliphatic carbocycles. The van der Waals surface area contributed by atoms with Crippen LogP contribution in [0.3, 0.4) is 0 Å². The third kappa shape index (κ3) is 3.68. The molecule has 1 aromatic heterocycles. The van der Waals surface area contributed by atoms with Gasteiger partial charge in [-0.05, 0) is 12.3 Å². The van der Waals surface area contributed by atoms with Crippen LogP contribution in [0.1, 0.15) is 37.6 Å². The van der Waals surface area contributed by atoms with Crippen molar-refractivity contribution in [1.29, 1.82) is 0 Å². The first-order chi connectivity index (χ1) is 9.80. The number of aromatic nitrogens is 3. The van der Waals surface area contributed by atoms with E-state index >= 15 is 0 Å². The Morgan fingerprint density at radius 1 is 1.24 bits per heavy atom. The maximum atomic E-state index is 12.5. The van der Waals surface area contributed by atoms with Crippen molar-refractivity contribution >= 4 is 5.91 Å². The van der Waals surface area contributed by atoms with Crippen molar-refractivity contribution in [2.45, 2.75) is 34.1 Å². The Morgan fingerprint density at radius 3 is 2.38 bits per heavy atom. The van der Waals surface area contributed by atoms with Crippen LogP contribution in [0, 0.1) is 12.3 Å². The number of hydrogen-bond donors (Lipinski definition) is 0. The van der Waals surface area contributed by atoms with E-state index in [0.717, 1.165) is 11.1 Å². The third-order valence-corrected chi connectivity index (χ3v) is 3.00. The molecule has 21 heavy (non-hydrogen) atoms. The van der Waals surface area contributed by atoms with E-state index in [1.165, 1.54) is 11.8 Å². The summed E-state index contributed by atoms with van der Waals surface area (Å²) < 4.78 is 6.41. The molecule has 0 N–H and O–H groups in total. The van der Waals surface area contributed by atoms with E-state index in [0.29, 0.717) is 12.2 Å². The molecule has 2 rings (SSSR count). The number of nitrogens with zero attached hydrogens (tertiary/aromatic N) is 3. The number of methoxy groups -OCH3 is 1. The summed E-state index contributed by atoms with van der Waals surface area (Å²) in [7, 11) is 1.49. The highest BCUT2D eigenvalue weighted by molar-refractivity contribution is 5.82. The summed E-state index contributed by atoms with van der Waals surface area (Å²) in [5.41, 5.74) is 1.89. The topological polar surface area (TPSA) is 57.0 Å². The minimum absolute atomic E-state index is 0.0890. The van der Waals surface area contributed by atoms with Crippen LogP contribution in [0.25, 0.3) is 11.4 Å². The molecule has 112 valence electrons. The maximum Gasteiger partial charge on any atom is 0.336 e. The van der Waals surface area contributed by atoms with Crippen LogP contribution >= 0.6 is 0 Å². The van der Waals surface area contributed by atoms with E-state index in [4.69, 9.17) is 4.74 Å². The summed E-state index contributed by atoms with van der Waals surface area (Å²) in [4.78, 5) is 16.7. The van der Waals surface area contributed by atoms with Crippen molar-refractivity contribution in [1.82, 2.24) is 14.8 Å². The molecule has 0 radical (unpaired) electrons. The Morgan fingerprint density at radius 2 is 1.86 bits per heavy atom. The second-order valence-electron chi connectivity index (χ2n) is 6.33. The summed E-state index contributed by atoms with van der Waals surface area (Å²) in [5.74, 6) is 0.426. The lowest BCUT2D eigenvalue weighted by atomic mass is 9.92. The van der Waals surface area contributed by atoms with Crippen LogP contribution in [0.5, 0.6) is 6.01 Å². The second kappa shape index (κ2) is 5.68. The largest absolute Gasteiger partial charge is 0.466 e. The summed E-state index contributed by atoms with van der Waals surface area (Å²) in [6, 6.07) is 8.02. The zero-order valence-electron chi connectivity index (χ0n) is 13.2. The van der Waals surface area contributed by atoms with E-state index < -0.39 is 0 Å². The van der Waals surface area contributed by atoms with Gasteiger partial charge in [-0.2, -0.15) is 9.67 Å². The van der Waals surface area contributed by atoms with Gasteiger partial charge in [-0.3, -0.25) is 4.79 Å². The van der Waals surface area contributed by atoms with Crippen molar-refractivity contribution in [3.8, 4) is 17.4 Å². The lowest BCUT2D eigenvalue weighted by Crippen LogP contribution is -2.20. The number of hydrogen-bond acceptors (Lipinski definition) is 4. The molecule has 0 atom stereocenters. The van der Waals surface area contributed by atoms with Crippen molar-refractivity contribution in [2.24, 2.45) is 5.41 Å². The SMILES string of the molecule is COc1nc(-c2ccc(C)cc2)n(C(=O)CC(C)(C)C)n1. The fourth-order valence-corrected chi connectivity index (χ4v) is 1.97. The highest BCUT2D eigenvalue weighted by Crippen LogP contribution is 2.24. The third-order valence-electron chi connectivity index (χ3n) is 3.00. The summed E-state index contributed by atoms with van der Waals surface area (Å²) in [5, 5.41) is 4.15. The predicted molar refractivity (Wildman–Crippen MR) is 81.4 cm³/mol. The number of rotatable bonds is 3. The Labute approximate surface area is 125 Å². The van der Waals surface area contributed by atoms with Gasteiger partial charge < -0.3 is 4.74 Å². The molecule has 5 nitrogen and oxygen atoms in total. The molecule has 1 aromatic carbocycles. The van der Waals surface area contributed by atoms with E-state index in [2.05, 4.69) is 10.1 Å². The molecule has 0 spiro atoms. The van der Waals surface area contributed by atoms with E-state index in [1.54, 1.807) is 0 Å². The van der Waals surface area contributed by atoms with Gasteiger partial charge in [0.05, 0.1) is 7.11 Å². The molecular weight excluding hydrogens is 266 g/mol. The van der Waals surface area contributed by atoms with Crippen molar-refractivity contribution in [3.63, 3.8) is 0 Å². The number of benzene rings is 1. The zero-order valence-corrected chi connectivity index (χ0v) is 13.2. The summed E-state index contributed by atoms with van der Waals surface area (Å²) in [6.45, 7) is 8.07. The molecule has 0 aliphatic rings. The lowest BCUT2D eigenvalue weighted by Gasteiger charge is -2.16. The molecule has 0 aliphatic heterocycles. The molecule has 1 heterocycles. The van der Waals surface area contributed by atoms with E-state index in [1.807, 2.05) is 52.0 Å². The van der Waals surface area contributed by atoms with Crippen molar-refractivity contribution < 1.29 is 9.53 Å². The Hall–Kier alpha value is -2.17. The highest BCUT2D eigenvalue weighted by atomic mass is 16.5. The predicted octanol–water partition coefficient (Wildman–Crippen LogP) is 3.34. The molecule has 0 fully saturated rings. The average molecular weight is 287 g/mol. The van der Waals surface area contributed by atoms with Gasteiger partial charge in [0.15, 0.2) is 5.82 Å². The zero-order chi connectivity index (χ0) is 15.6. The Balaban J connectivity index is 2.43. The standard InChI is InChI=1S/C16H21N3O2/c1-11-6-8-12(9-7-11)14-17-15(21-5)18-19(14)13(20)10-16(2,3)4/h6-9H,10H2,1-5H3. The quantitative estimate of drug-likeness (QED) is 0.868. The normalized spacial score (nSPS) is 11.5. The molecule has 0 saturated heterocycles. The number of carbonyl (C=O) groups excluding carboxylic acids is 1. The first-order valence-electron chi connectivity index (χ1n) is 6.91. The molecule has 0 saturated carbocycles. The number of carbonyl (C=O) groups is 1. The highest BCUT2D eigenvalue weighted by Gasteiger charge is 2.23. The van der Waals surface area contributed by atoms with Crippen molar-refractivity contribution in [2.75, 3.05) is 7.11 Å². The maximum absolute atomic E-state index is 12.5. The molecule has 2 aromatic rings. The van der Waals surface area contributed by atoms with Gasteiger partial charge in [-0.1, -0.05) is 50.6 Å². The molecule has 0 unspecified atom stereocenters. The monoisotopic (exact) mass is 287 g/mol.